The van der Waals surface area contributed by atoms with Crippen LogP contribution >= 0.6 is 0 Å². The van der Waals surface area contributed by atoms with Gasteiger partial charge in [-0.3, -0.25) is 9.59 Å². The molecular formula is C19H28N2O4. The fraction of sp³-hybridized carbons (Fsp3) is 0.579. The largest absolute Gasteiger partial charge is 0.484 e. The van der Waals surface area contributed by atoms with Crippen molar-refractivity contribution in [2.75, 3.05) is 18.5 Å². The fourth-order valence-corrected chi connectivity index (χ4v) is 3.00. The molecule has 0 unspecified atom stereocenters. The first-order chi connectivity index (χ1) is 11.9. The SMILES string of the molecule is CCCOC1(C(=O)Nc2ccc(OCC(N)=O)cc2)CCC(C)CC1. The number of primary amides is 1. The average molecular weight is 348 g/mol. The number of nitrogens with one attached hydrogen (secondary N) is 1. The average Bonchev–Trinajstić information content (AvgIpc) is 2.61. The van der Waals surface area contributed by atoms with Crippen LogP contribution in [0.1, 0.15) is 46.0 Å². The first kappa shape index (κ1) is 19.2. The van der Waals surface area contributed by atoms with Crippen LogP contribution < -0.4 is 15.8 Å². The second-order valence-electron chi connectivity index (χ2n) is 6.76. The van der Waals surface area contributed by atoms with Crippen LogP contribution in [0.25, 0.3) is 0 Å². The van der Waals surface area contributed by atoms with Gasteiger partial charge in [0.2, 0.25) is 0 Å². The van der Waals surface area contributed by atoms with Crippen molar-refractivity contribution >= 4 is 17.5 Å². The van der Waals surface area contributed by atoms with Gasteiger partial charge in [0.1, 0.15) is 11.4 Å². The Morgan fingerprint density at radius 1 is 1.24 bits per heavy atom. The molecule has 0 atom stereocenters. The van der Waals surface area contributed by atoms with Crippen LogP contribution in [0.5, 0.6) is 5.75 Å². The molecule has 2 rings (SSSR count). The van der Waals surface area contributed by atoms with Crippen LogP contribution in [-0.4, -0.2) is 30.6 Å². The third kappa shape index (κ3) is 5.46. The highest BCUT2D eigenvalue weighted by atomic mass is 16.5. The number of amides is 2. The standard InChI is InChI=1S/C19H28N2O4/c1-3-12-25-19(10-8-14(2)9-11-19)18(23)21-15-4-6-16(7-5-15)24-13-17(20)22/h4-7,14H,3,8-13H2,1-2H3,(H2,20,22)(H,21,23). The maximum atomic E-state index is 12.9. The van der Waals surface area contributed by atoms with E-state index in [0.29, 0.717) is 24.0 Å². The van der Waals surface area contributed by atoms with Crippen molar-refractivity contribution in [3.63, 3.8) is 0 Å². The van der Waals surface area contributed by atoms with Gasteiger partial charge in [-0.15, -0.1) is 0 Å². The Kier molecular flexibility index (Phi) is 6.82. The molecule has 3 N–H and O–H groups in total. The summed E-state index contributed by atoms with van der Waals surface area (Å²) in [6, 6.07) is 6.88. The third-order valence-corrected chi connectivity index (χ3v) is 4.57. The van der Waals surface area contributed by atoms with E-state index in [1.807, 2.05) is 6.92 Å². The molecule has 0 bridgehead atoms. The number of ether oxygens (including phenoxy) is 2. The topological polar surface area (TPSA) is 90.7 Å². The minimum atomic E-state index is -0.732. The molecule has 1 saturated carbocycles. The molecule has 6 nitrogen and oxygen atoms in total. The molecule has 2 amide bonds. The van der Waals surface area contributed by atoms with Crippen molar-refractivity contribution in [2.45, 2.75) is 51.6 Å². The van der Waals surface area contributed by atoms with Crippen molar-refractivity contribution in [3.05, 3.63) is 24.3 Å². The second-order valence-corrected chi connectivity index (χ2v) is 6.76. The predicted molar refractivity (Wildman–Crippen MR) is 96.4 cm³/mol. The summed E-state index contributed by atoms with van der Waals surface area (Å²) in [4.78, 5) is 23.6. The smallest absolute Gasteiger partial charge is 0.256 e. The van der Waals surface area contributed by atoms with Gasteiger partial charge < -0.3 is 20.5 Å². The zero-order chi connectivity index (χ0) is 18.3. The Balaban J connectivity index is 2.01. The number of hydrogen-bond donors (Lipinski definition) is 2. The van der Waals surface area contributed by atoms with Crippen molar-refractivity contribution in [3.8, 4) is 5.75 Å². The summed E-state index contributed by atoms with van der Waals surface area (Å²) in [5.74, 6) is 0.547. The van der Waals surface area contributed by atoms with E-state index in [2.05, 4.69) is 12.2 Å². The lowest BCUT2D eigenvalue weighted by molar-refractivity contribution is -0.147. The number of hydrogen-bond acceptors (Lipinski definition) is 4. The number of rotatable bonds is 8. The summed E-state index contributed by atoms with van der Waals surface area (Å²) in [7, 11) is 0. The van der Waals surface area contributed by atoms with Gasteiger partial charge in [0.25, 0.3) is 11.8 Å². The van der Waals surface area contributed by atoms with E-state index in [1.165, 1.54) is 0 Å². The molecule has 1 aliphatic rings. The Morgan fingerprint density at radius 3 is 2.44 bits per heavy atom. The monoisotopic (exact) mass is 348 g/mol. The summed E-state index contributed by atoms with van der Waals surface area (Å²) >= 11 is 0. The molecule has 1 aliphatic carbocycles. The van der Waals surface area contributed by atoms with Crippen molar-refractivity contribution in [1.82, 2.24) is 0 Å². The number of nitrogens with two attached hydrogens (primary N) is 1. The van der Waals surface area contributed by atoms with E-state index >= 15 is 0 Å². The fourth-order valence-electron chi connectivity index (χ4n) is 3.00. The Bertz CT molecular complexity index is 572. The quantitative estimate of drug-likeness (QED) is 0.756. The molecule has 1 aromatic carbocycles. The highest BCUT2D eigenvalue weighted by Gasteiger charge is 2.42. The first-order valence-corrected chi connectivity index (χ1v) is 8.92. The highest BCUT2D eigenvalue weighted by molar-refractivity contribution is 5.97. The highest BCUT2D eigenvalue weighted by Crippen LogP contribution is 2.36. The molecule has 0 spiro atoms. The van der Waals surface area contributed by atoms with Crippen LogP contribution in [0, 0.1) is 5.92 Å². The summed E-state index contributed by atoms with van der Waals surface area (Å²) in [6.45, 7) is 4.67. The number of carbonyl (C=O) groups is 2. The maximum Gasteiger partial charge on any atom is 0.256 e. The molecular weight excluding hydrogens is 320 g/mol. The molecule has 0 aromatic heterocycles. The van der Waals surface area contributed by atoms with Gasteiger partial charge in [-0.05, 0) is 62.3 Å². The molecule has 1 aromatic rings. The van der Waals surface area contributed by atoms with E-state index in [9.17, 15) is 9.59 Å². The predicted octanol–water partition coefficient (Wildman–Crippen LogP) is 2.86. The zero-order valence-electron chi connectivity index (χ0n) is 15.0. The zero-order valence-corrected chi connectivity index (χ0v) is 15.0. The van der Waals surface area contributed by atoms with Gasteiger partial charge in [0.15, 0.2) is 6.61 Å². The Hall–Kier alpha value is -2.08. The van der Waals surface area contributed by atoms with Crippen LogP contribution in [-0.2, 0) is 14.3 Å². The third-order valence-electron chi connectivity index (χ3n) is 4.57. The molecule has 25 heavy (non-hydrogen) atoms. The molecule has 1 fully saturated rings. The van der Waals surface area contributed by atoms with Crippen LogP contribution in [0.3, 0.4) is 0 Å². The van der Waals surface area contributed by atoms with Gasteiger partial charge in [0.05, 0.1) is 0 Å². The number of benzene rings is 1. The summed E-state index contributed by atoms with van der Waals surface area (Å²) in [5.41, 5.74) is 4.99. The van der Waals surface area contributed by atoms with Crippen molar-refractivity contribution in [2.24, 2.45) is 11.7 Å². The molecule has 138 valence electrons. The normalized spacial score (nSPS) is 23.0. The van der Waals surface area contributed by atoms with E-state index in [-0.39, 0.29) is 12.5 Å². The van der Waals surface area contributed by atoms with Gasteiger partial charge in [-0.25, -0.2) is 0 Å². The molecule has 0 heterocycles. The van der Waals surface area contributed by atoms with Gasteiger partial charge in [-0.1, -0.05) is 13.8 Å². The molecule has 6 heteroatoms. The number of anilines is 1. The van der Waals surface area contributed by atoms with Gasteiger partial charge in [-0.2, -0.15) is 0 Å². The number of carbonyl (C=O) groups excluding carboxylic acids is 2. The van der Waals surface area contributed by atoms with Crippen molar-refractivity contribution in [1.29, 1.82) is 0 Å². The van der Waals surface area contributed by atoms with Crippen LogP contribution in [0.4, 0.5) is 5.69 Å². The molecule has 0 aliphatic heterocycles. The lowest BCUT2D eigenvalue weighted by atomic mass is 9.78. The van der Waals surface area contributed by atoms with E-state index in [4.69, 9.17) is 15.2 Å². The second kappa shape index (κ2) is 8.85. The molecule has 0 saturated heterocycles. The van der Waals surface area contributed by atoms with Crippen molar-refractivity contribution < 1.29 is 19.1 Å². The summed E-state index contributed by atoms with van der Waals surface area (Å²) in [6.07, 6.45) is 4.38. The van der Waals surface area contributed by atoms with E-state index < -0.39 is 11.5 Å². The first-order valence-electron chi connectivity index (χ1n) is 8.92. The van der Waals surface area contributed by atoms with Gasteiger partial charge in [0, 0.05) is 12.3 Å². The van der Waals surface area contributed by atoms with Gasteiger partial charge >= 0.3 is 0 Å². The summed E-state index contributed by atoms with van der Waals surface area (Å²) in [5, 5.41) is 2.96. The Labute approximate surface area is 149 Å². The van der Waals surface area contributed by atoms with E-state index in [0.717, 1.165) is 32.1 Å². The van der Waals surface area contributed by atoms with E-state index in [1.54, 1.807) is 24.3 Å². The Morgan fingerprint density at radius 2 is 1.88 bits per heavy atom. The lowest BCUT2D eigenvalue weighted by Crippen LogP contribution is -2.48. The minimum absolute atomic E-state index is 0.0846. The van der Waals surface area contributed by atoms with Crippen LogP contribution in [0.15, 0.2) is 24.3 Å². The maximum absolute atomic E-state index is 12.9. The molecule has 0 radical (unpaired) electrons. The summed E-state index contributed by atoms with van der Waals surface area (Å²) < 4.78 is 11.2. The van der Waals surface area contributed by atoms with Crippen LogP contribution in [0.2, 0.25) is 0 Å². The minimum Gasteiger partial charge on any atom is -0.484 e. The lowest BCUT2D eigenvalue weighted by Gasteiger charge is -2.38.